The Morgan fingerprint density at radius 1 is 1.22 bits per heavy atom. The fraction of sp³-hybridized carbons (Fsp3) is 0.316. The molecular weight excluding hydrogens is 293 g/mol. The third-order valence-corrected chi connectivity index (χ3v) is 4.22. The van der Waals surface area contributed by atoms with Gasteiger partial charge in [-0.05, 0) is 37.5 Å². The summed E-state index contributed by atoms with van der Waals surface area (Å²) in [5.41, 5.74) is 2.35. The van der Waals surface area contributed by atoms with Crippen molar-refractivity contribution in [2.45, 2.75) is 25.8 Å². The predicted molar refractivity (Wildman–Crippen MR) is 86.8 cm³/mol. The molecule has 4 heteroatoms. The van der Waals surface area contributed by atoms with Gasteiger partial charge in [0.05, 0.1) is 6.04 Å². The van der Waals surface area contributed by atoms with Crippen LogP contribution < -0.4 is 4.74 Å². The first-order chi connectivity index (χ1) is 11.1. The summed E-state index contributed by atoms with van der Waals surface area (Å²) in [5, 5.41) is 0. The normalized spacial score (nSPS) is 17.3. The van der Waals surface area contributed by atoms with Crippen molar-refractivity contribution in [2.24, 2.45) is 0 Å². The lowest BCUT2D eigenvalue weighted by Crippen LogP contribution is -2.34. The molecule has 0 aromatic heterocycles. The molecule has 1 saturated heterocycles. The average Bonchev–Trinajstić information content (AvgIpc) is 3.04. The van der Waals surface area contributed by atoms with Gasteiger partial charge in [0.25, 0.3) is 5.91 Å². The highest BCUT2D eigenvalue weighted by atomic mass is 19.1. The van der Waals surface area contributed by atoms with Crippen LogP contribution in [0.1, 0.15) is 30.0 Å². The first kappa shape index (κ1) is 15.5. The van der Waals surface area contributed by atoms with Crippen molar-refractivity contribution < 1.29 is 13.9 Å². The van der Waals surface area contributed by atoms with Crippen LogP contribution in [0, 0.1) is 12.7 Å². The molecule has 1 fully saturated rings. The van der Waals surface area contributed by atoms with Gasteiger partial charge in [0.15, 0.2) is 18.2 Å². The number of rotatable bonds is 4. The van der Waals surface area contributed by atoms with E-state index in [-0.39, 0.29) is 24.3 Å². The molecule has 1 aliphatic rings. The number of hydrogen-bond acceptors (Lipinski definition) is 2. The van der Waals surface area contributed by atoms with Gasteiger partial charge in [-0.15, -0.1) is 0 Å². The zero-order valence-electron chi connectivity index (χ0n) is 13.2. The lowest BCUT2D eigenvalue weighted by molar-refractivity contribution is -0.134. The molecule has 1 unspecified atom stereocenters. The zero-order valence-corrected chi connectivity index (χ0v) is 13.2. The van der Waals surface area contributed by atoms with Gasteiger partial charge in [-0.2, -0.15) is 0 Å². The van der Waals surface area contributed by atoms with Crippen molar-refractivity contribution in [2.75, 3.05) is 13.2 Å². The molecule has 1 atom stereocenters. The highest BCUT2D eigenvalue weighted by Crippen LogP contribution is 2.32. The van der Waals surface area contributed by atoms with Crippen molar-refractivity contribution >= 4 is 5.91 Å². The molecule has 120 valence electrons. The van der Waals surface area contributed by atoms with Crippen molar-refractivity contribution in [1.82, 2.24) is 4.90 Å². The van der Waals surface area contributed by atoms with Gasteiger partial charge in [0.2, 0.25) is 0 Å². The van der Waals surface area contributed by atoms with Crippen molar-refractivity contribution in [3.63, 3.8) is 0 Å². The van der Waals surface area contributed by atoms with Gasteiger partial charge >= 0.3 is 0 Å². The van der Waals surface area contributed by atoms with E-state index < -0.39 is 5.82 Å². The summed E-state index contributed by atoms with van der Waals surface area (Å²) in [6.45, 7) is 2.63. The van der Waals surface area contributed by atoms with Crippen LogP contribution in [0.25, 0.3) is 0 Å². The van der Waals surface area contributed by atoms with E-state index in [0.29, 0.717) is 0 Å². The summed E-state index contributed by atoms with van der Waals surface area (Å²) < 4.78 is 18.9. The maximum absolute atomic E-state index is 13.5. The summed E-state index contributed by atoms with van der Waals surface area (Å²) in [6, 6.07) is 14.5. The van der Waals surface area contributed by atoms with Gasteiger partial charge in [-0.25, -0.2) is 4.39 Å². The minimum absolute atomic E-state index is 0.0901. The smallest absolute Gasteiger partial charge is 0.261 e. The molecule has 3 rings (SSSR count). The predicted octanol–water partition coefficient (Wildman–Crippen LogP) is 3.88. The van der Waals surface area contributed by atoms with Crippen LogP contribution in [0.5, 0.6) is 5.75 Å². The number of aryl methyl sites for hydroxylation is 1. The van der Waals surface area contributed by atoms with Crippen molar-refractivity contribution in [3.05, 3.63) is 65.5 Å². The number of carbonyl (C=O) groups excluding carboxylic acids is 1. The number of carbonyl (C=O) groups is 1. The number of halogens is 1. The zero-order chi connectivity index (χ0) is 16.2. The Kier molecular flexibility index (Phi) is 4.60. The van der Waals surface area contributed by atoms with Gasteiger partial charge in [-0.1, -0.05) is 42.0 Å². The summed E-state index contributed by atoms with van der Waals surface area (Å²) in [5.74, 6) is -0.430. The van der Waals surface area contributed by atoms with E-state index in [1.54, 1.807) is 12.1 Å². The third-order valence-electron chi connectivity index (χ3n) is 4.22. The maximum atomic E-state index is 13.5. The Morgan fingerprint density at radius 2 is 1.96 bits per heavy atom. The van der Waals surface area contributed by atoms with Crippen LogP contribution in [0.2, 0.25) is 0 Å². The lowest BCUT2D eigenvalue weighted by atomic mass is 10.0. The van der Waals surface area contributed by atoms with Crippen LogP contribution in [-0.2, 0) is 4.79 Å². The van der Waals surface area contributed by atoms with Crippen molar-refractivity contribution in [1.29, 1.82) is 0 Å². The second-order valence-corrected chi connectivity index (χ2v) is 5.87. The molecule has 1 heterocycles. The minimum Gasteiger partial charge on any atom is -0.481 e. The molecule has 1 amide bonds. The first-order valence-corrected chi connectivity index (χ1v) is 7.88. The van der Waals surface area contributed by atoms with E-state index in [2.05, 4.69) is 24.3 Å². The molecule has 0 aliphatic carbocycles. The number of ether oxygens (including phenoxy) is 1. The van der Waals surface area contributed by atoms with E-state index in [1.807, 2.05) is 11.8 Å². The van der Waals surface area contributed by atoms with Gasteiger partial charge < -0.3 is 9.64 Å². The van der Waals surface area contributed by atoms with Crippen LogP contribution in [-0.4, -0.2) is 24.0 Å². The second-order valence-electron chi connectivity index (χ2n) is 5.87. The first-order valence-electron chi connectivity index (χ1n) is 7.88. The lowest BCUT2D eigenvalue weighted by Gasteiger charge is -2.25. The quantitative estimate of drug-likeness (QED) is 0.857. The number of para-hydroxylation sites is 1. The summed E-state index contributed by atoms with van der Waals surface area (Å²) in [4.78, 5) is 14.3. The Balaban J connectivity index is 1.66. The molecular formula is C19H20FNO2. The minimum atomic E-state index is -0.447. The van der Waals surface area contributed by atoms with Crippen molar-refractivity contribution in [3.8, 4) is 5.75 Å². The Labute approximate surface area is 135 Å². The largest absolute Gasteiger partial charge is 0.481 e. The van der Waals surface area contributed by atoms with E-state index in [0.717, 1.165) is 24.9 Å². The van der Waals surface area contributed by atoms with E-state index in [4.69, 9.17) is 4.74 Å². The number of likely N-dealkylation sites (tertiary alicyclic amines) is 1. The van der Waals surface area contributed by atoms with Crippen LogP contribution in [0.3, 0.4) is 0 Å². The fourth-order valence-corrected chi connectivity index (χ4v) is 2.98. The highest BCUT2D eigenvalue weighted by molar-refractivity contribution is 5.78. The third kappa shape index (κ3) is 3.52. The summed E-state index contributed by atoms with van der Waals surface area (Å²) >= 11 is 0. The summed E-state index contributed by atoms with van der Waals surface area (Å²) in [6.07, 6.45) is 1.93. The molecule has 0 bridgehead atoms. The van der Waals surface area contributed by atoms with E-state index >= 15 is 0 Å². The van der Waals surface area contributed by atoms with Gasteiger partial charge in [0.1, 0.15) is 0 Å². The van der Waals surface area contributed by atoms with Gasteiger partial charge in [-0.3, -0.25) is 4.79 Å². The molecule has 0 saturated carbocycles. The van der Waals surface area contributed by atoms with Crippen LogP contribution >= 0.6 is 0 Å². The van der Waals surface area contributed by atoms with E-state index in [1.165, 1.54) is 17.7 Å². The summed E-state index contributed by atoms with van der Waals surface area (Å²) in [7, 11) is 0. The Morgan fingerprint density at radius 3 is 2.70 bits per heavy atom. The van der Waals surface area contributed by atoms with Crippen LogP contribution in [0.15, 0.2) is 48.5 Å². The molecule has 0 N–H and O–H groups in total. The number of hydrogen-bond donors (Lipinski definition) is 0. The molecule has 0 radical (unpaired) electrons. The Hall–Kier alpha value is -2.36. The van der Waals surface area contributed by atoms with E-state index in [9.17, 15) is 9.18 Å². The Bertz CT molecular complexity index is 684. The second kappa shape index (κ2) is 6.82. The number of amides is 1. The molecule has 3 nitrogen and oxygen atoms in total. The molecule has 1 aliphatic heterocycles. The average molecular weight is 313 g/mol. The number of benzene rings is 2. The molecule has 23 heavy (non-hydrogen) atoms. The maximum Gasteiger partial charge on any atom is 0.261 e. The SMILES string of the molecule is Cc1ccc(C2CCCN2C(=O)COc2ccccc2F)cc1. The number of nitrogens with zero attached hydrogens (tertiary/aromatic N) is 1. The monoisotopic (exact) mass is 313 g/mol. The fourth-order valence-electron chi connectivity index (χ4n) is 2.98. The molecule has 2 aromatic rings. The van der Waals surface area contributed by atoms with Gasteiger partial charge in [0, 0.05) is 6.54 Å². The topological polar surface area (TPSA) is 29.5 Å². The molecule has 0 spiro atoms. The molecule has 2 aromatic carbocycles. The highest BCUT2D eigenvalue weighted by Gasteiger charge is 2.30. The standard InChI is InChI=1S/C19H20FNO2/c1-14-8-10-15(11-9-14)17-6-4-12-21(17)19(22)13-23-18-7-3-2-5-16(18)20/h2-3,5,7-11,17H,4,6,12-13H2,1H3. The van der Waals surface area contributed by atoms with Crippen LogP contribution in [0.4, 0.5) is 4.39 Å².